The Morgan fingerprint density at radius 3 is 2.50 bits per heavy atom. The van der Waals surface area contributed by atoms with Crippen molar-refractivity contribution in [2.24, 2.45) is 5.92 Å². The van der Waals surface area contributed by atoms with E-state index in [1.807, 2.05) is 13.8 Å². The maximum absolute atomic E-state index is 12.7. The molecule has 1 fully saturated rings. The van der Waals surface area contributed by atoms with Crippen molar-refractivity contribution >= 4 is 13.2 Å². The fourth-order valence-corrected chi connectivity index (χ4v) is 3.95. The molecule has 0 aromatic carbocycles. The van der Waals surface area contributed by atoms with Crippen LogP contribution in [-0.2, 0) is 11.3 Å². The lowest BCUT2D eigenvalue weighted by molar-refractivity contribution is -0.0410. The topological polar surface area (TPSA) is 93.7 Å². The Morgan fingerprint density at radius 1 is 1.27 bits per heavy atom. The summed E-state index contributed by atoms with van der Waals surface area (Å²) in [5.41, 5.74) is -0.903. The van der Waals surface area contributed by atoms with Crippen molar-refractivity contribution in [1.29, 1.82) is 0 Å². The third kappa shape index (κ3) is 4.97. The molecule has 0 radical (unpaired) electrons. The average molecular weight is 386 g/mol. The Balaban J connectivity index is 2.25. The molecule has 1 saturated heterocycles. The van der Waals surface area contributed by atoms with Crippen molar-refractivity contribution in [2.75, 3.05) is 19.5 Å². The molecule has 2 rings (SSSR count). The van der Waals surface area contributed by atoms with Crippen LogP contribution < -0.4 is 11.2 Å². The van der Waals surface area contributed by atoms with Gasteiger partial charge in [0.25, 0.3) is 5.56 Å². The molecule has 8 heteroatoms. The first-order valence-electron chi connectivity index (χ1n) is 9.02. The summed E-state index contributed by atoms with van der Waals surface area (Å²) in [5, 5.41) is 20.7. The summed E-state index contributed by atoms with van der Waals surface area (Å²) < 4.78 is 8.17. The molecule has 2 N–H and O–H groups in total. The van der Waals surface area contributed by atoms with E-state index >= 15 is 0 Å². The highest BCUT2D eigenvalue weighted by Gasteiger charge is 2.44. The van der Waals surface area contributed by atoms with Gasteiger partial charge in [0.2, 0.25) is 0 Å². The van der Waals surface area contributed by atoms with E-state index in [9.17, 15) is 19.8 Å². The monoisotopic (exact) mass is 386 g/mol. The number of aliphatic hydroxyl groups is 2. The van der Waals surface area contributed by atoms with Crippen LogP contribution in [0.4, 0.5) is 0 Å². The molecule has 0 spiro atoms. The molecule has 148 valence electrons. The highest BCUT2D eigenvalue weighted by atomic mass is 31.2. The Hall–Kier alpha value is -1.14. The van der Waals surface area contributed by atoms with Gasteiger partial charge in [0, 0.05) is 18.8 Å². The van der Waals surface area contributed by atoms with Crippen molar-refractivity contribution in [3.8, 4) is 0 Å². The van der Waals surface area contributed by atoms with Gasteiger partial charge in [-0.1, -0.05) is 13.8 Å². The summed E-state index contributed by atoms with van der Waals surface area (Å²) in [7, 11) is 0. The third-order valence-electron chi connectivity index (χ3n) is 4.66. The molecular weight excluding hydrogens is 355 g/mol. The van der Waals surface area contributed by atoms with E-state index in [1.54, 1.807) is 0 Å². The number of nitrogens with zero attached hydrogens (tertiary/aromatic N) is 2. The molecule has 26 heavy (non-hydrogen) atoms. The minimum absolute atomic E-state index is 0.311. The lowest BCUT2D eigenvalue weighted by Crippen LogP contribution is -2.43. The van der Waals surface area contributed by atoms with Crippen molar-refractivity contribution in [3.05, 3.63) is 33.1 Å². The minimum atomic E-state index is -1.29. The maximum Gasteiger partial charge on any atom is 0.333 e. The highest BCUT2D eigenvalue weighted by Crippen LogP contribution is 2.39. The minimum Gasteiger partial charge on any atom is -0.388 e. The van der Waals surface area contributed by atoms with Gasteiger partial charge in [0.1, 0.15) is 12.2 Å². The number of hydrogen-bond acceptors (Lipinski definition) is 5. The predicted octanol–water partition coefficient (Wildman–Crippen LogP) is 0.775. The second-order valence-corrected chi connectivity index (χ2v) is 12.5. The summed E-state index contributed by atoms with van der Waals surface area (Å²) >= 11 is 0. The Labute approximate surface area is 154 Å². The van der Waals surface area contributed by atoms with Crippen LogP contribution in [0.1, 0.15) is 32.9 Å². The molecule has 7 nitrogen and oxygen atoms in total. The Morgan fingerprint density at radius 2 is 1.92 bits per heavy atom. The number of hydrogen-bond donors (Lipinski definition) is 2. The second-order valence-electron chi connectivity index (χ2n) is 8.17. The SMILES string of the molecule is C=P(C)(C)CC[C@H]1O[C@@H](n2ccc(=O)n(CCC(C)C)c2=O)[C@H](O)[C@@H]1O. The zero-order valence-electron chi connectivity index (χ0n) is 16.0. The molecule has 0 amide bonds. The Bertz CT molecular complexity index is 779. The lowest BCUT2D eigenvalue weighted by Gasteiger charge is -2.19. The third-order valence-corrected chi connectivity index (χ3v) is 6.12. The first-order chi connectivity index (χ1) is 12.0. The van der Waals surface area contributed by atoms with E-state index in [1.165, 1.54) is 16.8 Å². The zero-order chi connectivity index (χ0) is 19.6. The van der Waals surface area contributed by atoms with Crippen LogP contribution in [0.25, 0.3) is 0 Å². The van der Waals surface area contributed by atoms with E-state index in [0.717, 1.165) is 10.7 Å². The highest BCUT2D eigenvalue weighted by molar-refractivity contribution is 7.72. The molecule has 1 aliphatic heterocycles. The van der Waals surface area contributed by atoms with Crippen molar-refractivity contribution in [1.82, 2.24) is 9.13 Å². The summed E-state index contributed by atoms with van der Waals surface area (Å²) in [6.45, 7) is 7.25. The van der Waals surface area contributed by atoms with Crippen LogP contribution in [0, 0.1) is 5.92 Å². The largest absolute Gasteiger partial charge is 0.388 e. The zero-order valence-corrected chi connectivity index (χ0v) is 16.9. The first-order valence-corrected chi connectivity index (χ1v) is 12.1. The summed E-state index contributed by atoms with van der Waals surface area (Å²) in [4.78, 5) is 24.8. The normalized spacial score (nSPS) is 26.6. The van der Waals surface area contributed by atoms with Crippen LogP contribution in [0.2, 0.25) is 0 Å². The number of ether oxygens (including phenoxy) is 1. The summed E-state index contributed by atoms with van der Waals surface area (Å²) in [5.74, 6) is 0.351. The van der Waals surface area contributed by atoms with E-state index < -0.39 is 37.1 Å². The van der Waals surface area contributed by atoms with Crippen molar-refractivity contribution < 1.29 is 14.9 Å². The van der Waals surface area contributed by atoms with Crippen LogP contribution in [0.15, 0.2) is 21.9 Å². The van der Waals surface area contributed by atoms with Gasteiger partial charge in [-0.05, 0) is 38.3 Å². The number of aromatic nitrogens is 2. The number of rotatable bonds is 7. The standard InChI is InChI=1S/C18H31N2O5P/c1-12(2)6-9-19-14(21)7-10-20(18(19)24)17-16(23)15(22)13(25-17)8-11-26(3,4)5/h7,10,12-13,15-17,22-23H,3,6,8-9,11H2,1-2,4-5H3/t13-,15-,16-,17-/m1/s1. The van der Waals surface area contributed by atoms with Gasteiger partial charge in [-0.25, -0.2) is 4.79 Å². The maximum atomic E-state index is 12.7. The molecule has 2 heterocycles. The lowest BCUT2D eigenvalue weighted by atomic mass is 10.1. The van der Waals surface area contributed by atoms with E-state index in [-0.39, 0.29) is 5.56 Å². The van der Waals surface area contributed by atoms with Gasteiger partial charge in [-0.2, -0.15) is 0 Å². The van der Waals surface area contributed by atoms with Crippen LogP contribution in [0.5, 0.6) is 0 Å². The quantitative estimate of drug-likeness (QED) is 0.676. The molecule has 0 bridgehead atoms. The van der Waals surface area contributed by atoms with Gasteiger partial charge in [-0.3, -0.25) is 13.9 Å². The molecule has 0 saturated carbocycles. The summed E-state index contributed by atoms with van der Waals surface area (Å²) in [6, 6.07) is 1.29. The van der Waals surface area contributed by atoms with Crippen molar-refractivity contribution in [2.45, 2.75) is 57.8 Å². The first kappa shape index (κ1) is 21.2. The molecular formula is C18H31N2O5P. The molecule has 4 atom stereocenters. The summed E-state index contributed by atoms with van der Waals surface area (Å²) in [6.07, 6.45) is 3.70. The smallest absolute Gasteiger partial charge is 0.333 e. The van der Waals surface area contributed by atoms with Crippen LogP contribution in [-0.4, -0.2) is 63.5 Å². The second kappa shape index (κ2) is 8.26. The fraction of sp³-hybridized carbons (Fsp3) is 0.722. The van der Waals surface area contributed by atoms with Crippen molar-refractivity contribution in [3.63, 3.8) is 0 Å². The van der Waals surface area contributed by atoms with Gasteiger partial charge < -0.3 is 14.9 Å². The van der Waals surface area contributed by atoms with E-state index in [0.29, 0.717) is 25.3 Å². The van der Waals surface area contributed by atoms with Crippen LogP contribution in [0.3, 0.4) is 0 Å². The predicted molar refractivity (Wildman–Crippen MR) is 106 cm³/mol. The molecule has 1 aromatic heterocycles. The molecule has 0 unspecified atom stereocenters. The molecule has 1 aromatic rings. The Kier molecular flexibility index (Phi) is 6.72. The van der Waals surface area contributed by atoms with Gasteiger partial charge in [0.15, 0.2) is 6.23 Å². The molecule has 1 aliphatic rings. The van der Waals surface area contributed by atoms with Gasteiger partial charge >= 0.3 is 5.69 Å². The average Bonchev–Trinajstić information content (AvgIpc) is 2.80. The molecule has 0 aliphatic carbocycles. The van der Waals surface area contributed by atoms with E-state index in [2.05, 4.69) is 19.6 Å². The number of aliphatic hydroxyl groups excluding tert-OH is 2. The van der Waals surface area contributed by atoms with Gasteiger partial charge in [-0.15, -0.1) is 13.2 Å². The van der Waals surface area contributed by atoms with E-state index in [4.69, 9.17) is 4.74 Å². The fourth-order valence-electron chi connectivity index (χ4n) is 2.99. The van der Waals surface area contributed by atoms with Gasteiger partial charge in [0.05, 0.1) is 6.10 Å². The van der Waals surface area contributed by atoms with Crippen LogP contribution >= 0.6 is 6.89 Å².